The standard InChI is InChI=1S/C16H9BrFN3O3/c17-16-12(9-22)15(19-20(16)11-4-2-1-3-5-11)10-6-7-13(18)14(8-10)21(23)24/h1-9H. The van der Waals surface area contributed by atoms with Crippen LogP contribution in [0.15, 0.2) is 53.1 Å². The number of carbonyl (C=O) groups is 1. The average molecular weight is 390 g/mol. The number of carbonyl (C=O) groups excluding carboxylic acids is 1. The van der Waals surface area contributed by atoms with Crippen molar-refractivity contribution >= 4 is 27.9 Å². The first-order valence-electron chi connectivity index (χ1n) is 6.76. The van der Waals surface area contributed by atoms with Gasteiger partial charge in [-0.3, -0.25) is 14.9 Å². The minimum Gasteiger partial charge on any atom is -0.298 e. The summed E-state index contributed by atoms with van der Waals surface area (Å²) in [5, 5.41) is 15.3. The van der Waals surface area contributed by atoms with Crippen LogP contribution in [0.5, 0.6) is 0 Å². The summed E-state index contributed by atoms with van der Waals surface area (Å²) in [5.41, 5.74) is 0.759. The van der Waals surface area contributed by atoms with Crippen LogP contribution < -0.4 is 0 Å². The first-order chi connectivity index (χ1) is 11.5. The monoisotopic (exact) mass is 389 g/mol. The van der Waals surface area contributed by atoms with Gasteiger partial charge in [-0.15, -0.1) is 0 Å². The molecule has 0 atom stereocenters. The molecule has 0 bridgehead atoms. The van der Waals surface area contributed by atoms with Crippen LogP contribution in [-0.4, -0.2) is 21.0 Å². The van der Waals surface area contributed by atoms with Crippen molar-refractivity contribution in [3.63, 3.8) is 0 Å². The van der Waals surface area contributed by atoms with Gasteiger partial charge in [0.1, 0.15) is 10.3 Å². The van der Waals surface area contributed by atoms with Gasteiger partial charge in [0.2, 0.25) is 5.82 Å². The number of aromatic nitrogens is 2. The lowest BCUT2D eigenvalue weighted by Crippen LogP contribution is -1.97. The summed E-state index contributed by atoms with van der Waals surface area (Å²) >= 11 is 3.32. The van der Waals surface area contributed by atoms with E-state index in [0.717, 1.165) is 12.1 Å². The lowest BCUT2D eigenvalue weighted by atomic mass is 10.1. The quantitative estimate of drug-likeness (QED) is 0.381. The highest BCUT2D eigenvalue weighted by molar-refractivity contribution is 9.10. The van der Waals surface area contributed by atoms with E-state index in [1.165, 1.54) is 10.7 Å². The van der Waals surface area contributed by atoms with Gasteiger partial charge in [-0.1, -0.05) is 18.2 Å². The van der Waals surface area contributed by atoms with Gasteiger partial charge in [-0.25, -0.2) is 4.68 Å². The van der Waals surface area contributed by atoms with E-state index >= 15 is 0 Å². The summed E-state index contributed by atoms with van der Waals surface area (Å²) in [6.07, 6.45) is 0.598. The maximum atomic E-state index is 13.5. The molecule has 24 heavy (non-hydrogen) atoms. The zero-order valence-corrected chi connectivity index (χ0v) is 13.6. The first-order valence-corrected chi connectivity index (χ1v) is 7.55. The Hall–Kier alpha value is -2.87. The van der Waals surface area contributed by atoms with E-state index in [-0.39, 0.29) is 16.8 Å². The number of halogens is 2. The number of rotatable bonds is 4. The summed E-state index contributed by atoms with van der Waals surface area (Å²) < 4.78 is 15.4. The molecule has 6 nitrogen and oxygen atoms in total. The lowest BCUT2D eigenvalue weighted by molar-refractivity contribution is -0.387. The summed E-state index contributed by atoms with van der Waals surface area (Å²) in [7, 11) is 0. The fourth-order valence-electron chi connectivity index (χ4n) is 2.27. The average Bonchev–Trinajstić information content (AvgIpc) is 2.92. The van der Waals surface area contributed by atoms with Crippen LogP contribution in [0, 0.1) is 15.9 Å². The van der Waals surface area contributed by atoms with Crippen LogP contribution in [0.2, 0.25) is 0 Å². The second kappa shape index (κ2) is 6.32. The van der Waals surface area contributed by atoms with Gasteiger partial charge < -0.3 is 0 Å². The van der Waals surface area contributed by atoms with Crippen molar-refractivity contribution in [2.75, 3.05) is 0 Å². The molecule has 0 aliphatic carbocycles. The SMILES string of the molecule is O=Cc1c(-c2ccc(F)c([N+](=O)[O-])c2)nn(-c2ccccc2)c1Br. The van der Waals surface area contributed by atoms with E-state index in [0.29, 0.717) is 16.6 Å². The third-order valence-corrected chi connectivity index (χ3v) is 4.16. The van der Waals surface area contributed by atoms with E-state index in [1.54, 1.807) is 12.1 Å². The largest absolute Gasteiger partial charge is 0.305 e. The van der Waals surface area contributed by atoms with Crippen molar-refractivity contribution in [3.05, 3.63) is 74.6 Å². The predicted octanol–water partition coefficient (Wildman–Crippen LogP) is 4.16. The van der Waals surface area contributed by atoms with Crippen LogP contribution in [-0.2, 0) is 0 Å². The molecule has 3 aromatic rings. The highest BCUT2D eigenvalue weighted by Crippen LogP contribution is 2.32. The maximum Gasteiger partial charge on any atom is 0.305 e. The number of nitro benzene ring substituents is 1. The molecule has 8 heteroatoms. The Morgan fingerprint density at radius 2 is 1.92 bits per heavy atom. The summed E-state index contributed by atoms with van der Waals surface area (Å²) in [6, 6.07) is 12.4. The molecule has 3 rings (SSSR count). The molecule has 0 fully saturated rings. The second-order valence-corrected chi connectivity index (χ2v) is 5.59. The van der Waals surface area contributed by atoms with Gasteiger partial charge in [0.05, 0.1) is 16.2 Å². The van der Waals surface area contributed by atoms with Gasteiger partial charge >= 0.3 is 5.69 Å². The van der Waals surface area contributed by atoms with E-state index in [4.69, 9.17) is 0 Å². The lowest BCUT2D eigenvalue weighted by Gasteiger charge is -2.02. The fourth-order valence-corrected chi connectivity index (χ4v) is 2.83. The van der Waals surface area contributed by atoms with E-state index < -0.39 is 16.4 Å². The Kier molecular flexibility index (Phi) is 4.22. The number of nitro groups is 1. The van der Waals surface area contributed by atoms with E-state index in [2.05, 4.69) is 21.0 Å². The van der Waals surface area contributed by atoms with Crippen molar-refractivity contribution in [1.82, 2.24) is 9.78 Å². The van der Waals surface area contributed by atoms with Crippen LogP contribution in [0.3, 0.4) is 0 Å². The highest BCUT2D eigenvalue weighted by atomic mass is 79.9. The Balaban J connectivity index is 2.21. The smallest absolute Gasteiger partial charge is 0.298 e. The van der Waals surface area contributed by atoms with Gasteiger partial charge in [-0.05, 0) is 40.2 Å². The Morgan fingerprint density at radius 1 is 1.21 bits per heavy atom. The number of hydrogen-bond acceptors (Lipinski definition) is 4. The van der Waals surface area contributed by atoms with Crippen molar-refractivity contribution in [3.8, 4) is 16.9 Å². The van der Waals surface area contributed by atoms with Crippen molar-refractivity contribution in [1.29, 1.82) is 0 Å². The number of benzene rings is 2. The molecule has 0 saturated heterocycles. The van der Waals surface area contributed by atoms with Crippen molar-refractivity contribution < 1.29 is 14.1 Å². The van der Waals surface area contributed by atoms with Crippen molar-refractivity contribution in [2.24, 2.45) is 0 Å². The van der Waals surface area contributed by atoms with Crippen LogP contribution in [0.25, 0.3) is 16.9 Å². The van der Waals surface area contributed by atoms with Crippen molar-refractivity contribution in [2.45, 2.75) is 0 Å². The zero-order chi connectivity index (χ0) is 17.3. The molecule has 0 aliphatic rings. The molecule has 0 N–H and O–H groups in total. The number of hydrogen-bond donors (Lipinski definition) is 0. The third kappa shape index (κ3) is 2.71. The Labute approximate surface area is 143 Å². The molecule has 0 radical (unpaired) electrons. The number of aldehydes is 1. The van der Waals surface area contributed by atoms with E-state index in [9.17, 15) is 19.3 Å². The van der Waals surface area contributed by atoms with Gasteiger partial charge in [0.25, 0.3) is 0 Å². The predicted molar refractivity (Wildman–Crippen MR) is 88.7 cm³/mol. The Morgan fingerprint density at radius 3 is 2.54 bits per heavy atom. The van der Waals surface area contributed by atoms with E-state index in [1.807, 2.05) is 18.2 Å². The molecule has 0 saturated carbocycles. The minimum absolute atomic E-state index is 0.222. The molecular formula is C16H9BrFN3O3. The van der Waals surface area contributed by atoms with Crippen LogP contribution >= 0.6 is 15.9 Å². The van der Waals surface area contributed by atoms with Gasteiger partial charge in [0.15, 0.2) is 6.29 Å². The minimum atomic E-state index is -0.946. The molecule has 0 unspecified atom stereocenters. The fraction of sp³-hybridized carbons (Fsp3) is 0. The second-order valence-electron chi connectivity index (χ2n) is 4.84. The normalized spacial score (nSPS) is 10.6. The highest BCUT2D eigenvalue weighted by Gasteiger charge is 2.21. The summed E-state index contributed by atoms with van der Waals surface area (Å²) in [4.78, 5) is 21.6. The molecule has 0 spiro atoms. The summed E-state index contributed by atoms with van der Waals surface area (Å²) in [5.74, 6) is -0.946. The molecule has 1 aromatic heterocycles. The zero-order valence-electron chi connectivity index (χ0n) is 12.0. The van der Waals surface area contributed by atoms with Crippen LogP contribution in [0.4, 0.5) is 10.1 Å². The topological polar surface area (TPSA) is 78.0 Å². The van der Waals surface area contributed by atoms with Gasteiger partial charge in [-0.2, -0.15) is 9.49 Å². The molecule has 1 heterocycles. The molecule has 120 valence electrons. The first kappa shape index (κ1) is 16.0. The summed E-state index contributed by atoms with van der Waals surface area (Å²) in [6.45, 7) is 0. The Bertz CT molecular complexity index is 941. The molecular weight excluding hydrogens is 381 g/mol. The maximum absolute atomic E-state index is 13.5. The number of nitrogens with zero attached hydrogens (tertiary/aromatic N) is 3. The molecule has 0 amide bonds. The van der Waals surface area contributed by atoms with Gasteiger partial charge in [0, 0.05) is 11.6 Å². The molecule has 2 aromatic carbocycles. The number of para-hydroxylation sites is 1. The van der Waals surface area contributed by atoms with Crippen LogP contribution in [0.1, 0.15) is 10.4 Å². The third-order valence-electron chi connectivity index (χ3n) is 3.40. The molecule has 0 aliphatic heterocycles.